The van der Waals surface area contributed by atoms with E-state index in [2.05, 4.69) is 56.4 Å². The van der Waals surface area contributed by atoms with Crippen LogP contribution in [0.3, 0.4) is 0 Å². The fourth-order valence-electron chi connectivity index (χ4n) is 2.33. The molecular formula is C17H19N3S. The molecule has 3 nitrogen and oxygen atoms in total. The number of aromatic nitrogens is 2. The van der Waals surface area contributed by atoms with Gasteiger partial charge >= 0.3 is 0 Å². The zero-order valence-corrected chi connectivity index (χ0v) is 13.4. The number of hydrogen-bond donors (Lipinski definition) is 1. The summed E-state index contributed by atoms with van der Waals surface area (Å²) in [7, 11) is 0. The molecule has 0 amide bonds. The number of nitrogens with one attached hydrogen (secondary N) is 1. The second-order valence-corrected chi connectivity index (χ2v) is 6.76. The topological polar surface area (TPSA) is 37.8 Å². The van der Waals surface area contributed by atoms with E-state index in [4.69, 9.17) is 9.97 Å². The molecule has 0 aliphatic carbocycles. The molecule has 2 aromatic heterocycles. The first-order valence-corrected chi connectivity index (χ1v) is 8.01. The predicted molar refractivity (Wildman–Crippen MR) is 90.2 cm³/mol. The molecule has 1 aromatic carbocycles. The minimum absolute atomic E-state index is 0.355. The number of aryl methyl sites for hydroxylation is 1. The van der Waals surface area contributed by atoms with E-state index in [-0.39, 0.29) is 0 Å². The number of hydrogen-bond acceptors (Lipinski definition) is 4. The van der Waals surface area contributed by atoms with Gasteiger partial charge in [-0.25, -0.2) is 9.97 Å². The van der Waals surface area contributed by atoms with Crippen LogP contribution in [-0.2, 0) is 6.42 Å². The minimum atomic E-state index is 0.355. The Morgan fingerprint density at radius 1 is 1.14 bits per heavy atom. The van der Waals surface area contributed by atoms with Crippen LogP contribution in [0.1, 0.15) is 30.1 Å². The van der Waals surface area contributed by atoms with Gasteiger partial charge in [0.25, 0.3) is 0 Å². The van der Waals surface area contributed by atoms with E-state index in [0.29, 0.717) is 6.04 Å². The molecule has 2 heterocycles. The lowest BCUT2D eigenvalue weighted by Gasteiger charge is -2.11. The van der Waals surface area contributed by atoms with E-state index < -0.39 is 0 Å². The number of benzene rings is 1. The molecule has 3 rings (SSSR count). The molecule has 0 aliphatic heterocycles. The highest BCUT2D eigenvalue weighted by Crippen LogP contribution is 2.29. The Labute approximate surface area is 129 Å². The molecule has 0 radical (unpaired) electrons. The lowest BCUT2D eigenvalue weighted by atomic mass is 10.1. The van der Waals surface area contributed by atoms with Gasteiger partial charge in [-0.15, -0.1) is 11.3 Å². The van der Waals surface area contributed by atoms with E-state index in [1.54, 1.807) is 11.3 Å². The molecule has 108 valence electrons. The maximum Gasteiger partial charge on any atom is 0.138 e. The average Bonchev–Trinajstić information content (AvgIpc) is 2.80. The second-order valence-electron chi connectivity index (χ2n) is 5.53. The minimum Gasteiger partial charge on any atom is -0.367 e. The third-order valence-electron chi connectivity index (χ3n) is 3.19. The molecule has 0 unspecified atom stereocenters. The van der Waals surface area contributed by atoms with Crippen LogP contribution < -0.4 is 5.32 Å². The van der Waals surface area contributed by atoms with Crippen LogP contribution in [0.2, 0.25) is 0 Å². The van der Waals surface area contributed by atoms with Crippen molar-refractivity contribution >= 4 is 27.4 Å². The van der Waals surface area contributed by atoms with Crippen molar-refractivity contribution in [1.29, 1.82) is 0 Å². The summed E-state index contributed by atoms with van der Waals surface area (Å²) in [6, 6.07) is 12.9. The van der Waals surface area contributed by atoms with Gasteiger partial charge in [-0.1, -0.05) is 30.3 Å². The number of thiophene rings is 1. The first-order valence-electron chi connectivity index (χ1n) is 7.19. The Morgan fingerprint density at radius 2 is 1.90 bits per heavy atom. The van der Waals surface area contributed by atoms with Crippen molar-refractivity contribution in [2.45, 2.75) is 33.2 Å². The lowest BCUT2D eigenvalue weighted by Crippen LogP contribution is -2.12. The lowest BCUT2D eigenvalue weighted by molar-refractivity contribution is 0.881. The standard InChI is InChI=1S/C17H19N3S/c1-11(2)18-16-14-9-12(3)21-17(14)20-15(19-16)10-13-7-5-4-6-8-13/h4-9,11H,10H2,1-3H3,(H,18,19,20). The van der Waals surface area contributed by atoms with Crippen molar-refractivity contribution in [2.24, 2.45) is 0 Å². The summed E-state index contributed by atoms with van der Waals surface area (Å²) < 4.78 is 0. The summed E-state index contributed by atoms with van der Waals surface area (Å²) in [5.41, 5.74) is 1.24. The van der Waals surface area contributed by atoms with Crippen LogP contribution in [0.25, 0.3) is 10.2 Å². The van der Waals surface area contributed by atoms with Crippen molar-refractivity contribution in [3.8, 4) is 0 Å². The molecule has 3 aromatic rings. The molecule has 1 N–H and O–H groups in total. The molecule has 0 aliphatic rings. The zero-order chi connectivity index (χ0) is 14.8. The van der Waals surface area contributed by atoms with Gasteiger partial charge in [-0.05, 0) is 32.4 Å². The Balaban J connectivity index is 2.02. The molecule has 0 atom stereocenters. The van der Waals surface area contributed by atoms with Crippen LogP contribution in [0.5, 0.6) is 0 Å². The highest BCUT2D eigenvalue weighted by Gasteiger charge is 2.11. The molecule has 0 bridgehead atoms. The smallest absolute Gasteiger partial charge is 0.138 e. The maximum atomic E-state index is 4.73. The summed E-state index contributed by atoms with van der Waals surface area (Å²) in [5.74, 6) is 1.82. The molecule has 4 heteroatoms. The van der Waals surface area contributed by atoms with E-state index in [1.807, 2.05) is 6.07 Å². The summed E-state index contributed by atoms with van der Waals surface area (Å²) in [6.07, 6.45) is 0.764. The molecule has 0 saturated heterocycles. The van der Waals surface area contributed by atoms with Gasteiger partial charge in [-0.2, -0.15) is 0 Å². The number of nitrogens with zero attached hydrogens (tertiary/aromatic N) is 2. The van der Waals surface area contributed by atoms with Crippen molar-refractivity contribution in [1.82, 2.24) is 9.97 Å². The van der Waals surface area contributed by atoms with Crippen molar-refractivity contribution in [3.63, 3.8) is 0 Å². The number of rotatable bonds is 4. The molecule has 21 heavy (non-hydrogen) atoms. The Bertz CT molecular complexity index is 747. The van der Waals surface area contributed by atoms with Crippen molar-refractivity contribution in [2.75, 3.05) is 5.32 Å². The predicted octanol–water partition coefficient (Wildman–Crippen LogP) is 4.41. The van der Waals surface area contributed by atoms with Gasteiger partial charge in [0.15, 0.2) is 0 Å². The van der Waals surface area contributed by atoms with Gasteiger partial charge < -0.3 is 5.32 Å². The van der Waals surface area contributed by atoms with E-state index >= 15 is 0 Å². The van der Waals surface area contributed by atoms with Gasteiger partial charge in [0.05, 0.1) is 5.39 Å². The first kappa shape index (κ1) is 14.0. The second kappa shape index (κ2) is 5.82. The van der Waals surface area contributed by atoms with Gasteiger partial charge in [-0.3, -0.25) is 0 Å². The largest absolute Gasteiger partial charge is 0.367 e. The normalized spacial score (nSPS) is 11.2. The highest BCUT2D eigenvalue weighted by atomic mass is 32.1. The van der Waals surface area contributed by atoms with Crippen LogP contribution in [-0.4, -0.2) is 16.0 Å². The summed E-state index contributed by atoms with van der Waals surface area (Å²) in [4.78, 5) is 11.8. The Morgan fingerprint density at radius 3 is 2.62 bits per heavy atom. The maximum absolute atomic E-state index is 4.73. The number of fused-ring (bicyclic) bond motifs is 1. The summed E-state index contributed by atoms with van der Waals surface area (Å²) in [6.45, 7) is 6.37. The van der Waals surface area contributed by atoms with Crippen molar-refractivity contribution < 1.29 is 0 Å². The quantitative estimate of drug-likeness (QED) is 0.775. The van der Waals surface area contributed by atoms with E-state index in [0.717, 1.165) is 28.3 Å². The summed E-state index contributed by atoms with van der Waals surface area (Å²) in [5, 5.41) is 4.57. The monoisotopic (exact) mass is 297 g/mol. The van der Waals surface area contributed by atoms with Crippen LogP contribution in [0, 0.1) is 6.92 Å². The SMILES string of the molecule is Cc1cc2c(NC(C)C)nc(Cc3ccccc3)nc2s1. The van der Waals surface area contributed by atoms with E-state index in [9.17, 15) is 0 Å². The zero-order valence-electron chi connectivity index (χ0n) is 12.6. The molecule has 0 spiro atoms. The fourth-order valence-corrected chi connectivity index (χ4v) is 3.23. The van der Waals surface area contributed by atoms with Gasteiger partial charge in [0.1, 0.15) is 16.5 Å². The Hall–Kier alpha value is -1.94. The first-order chi connectivity index (χ1) is 10.1. The van der Waals surface area contributed by atoms with Crippen LogP contribution in [0.4, 0.5) is 5.82 Å². The molecular weight excluding hydrogens is 278 g/mol. The van der Waals surface area contributed by atoms with Gasteiger partial charge in [0.2, 0.25) is 0 Å². The molecule has 0 fully saturated rings. The fraction of sp³-hybridized carbons (Fsp3) is 0.294. The van der Waals surface area contributed by atoms with Crippen molar-refractivity contribution in [3.05, 3.63) is 52.7 Å². The third-order valence-corrected chi connectivity index (χ3v) is 4.14. The Kier molecular flexibility index (Phi) is 3.88. The van der Waals surface area contributed by atoms with Gasteiger partial charge in [0, 0.05) is 17.3 Å². The van der Waals surface area contributed by atoms with Crippen LogP contribution in [0.15, 0.2) is 36.4 Å². The van der Waals surface area contributed by atoms with E-state index in [1.165, 1.54) is 10.4 Å². The molecule has 0 saturated carbocycles. The average molecular weight is 297 g/mol. The summed E-state index contributed by atoms with van der Waals surface area (Å²) >= 11 is 1.73. The van der Waals surface area contributed by atoms with Crippen LogP contribution >= 0.6 is 11.3 Å². The number of anilines is 1. The highest BCUT2D eigenvalue weighted by molar-refractivity contribution is 7.18. The third kappa shape index (κ3) is 3.22.